The predicted octanol–water partition coefficient (Wildman–Crippen LogP) is 3.35. The Morgan fingerprint density at radius 3 is 2.61 bits per heavy atom. The summed E-state index contributed by atoms with van der Waals surface area (Å²) in [6, 6.07) is 11.5. The van der Waals surface area contributed by atoms with Gasteiger partial charge in [-0.1, -0.05) is 12.1 Å². The highest BCUT2D eigenvalue weighted by Crippen LogP contribution is 2.25. The number of amides is 1. The van der Waals surface area contributed by atoms with Crippen molar-refractivity contribution in [2.75, 3.05) is 5.32 Å². The number of aromatic nitrogens is 3. The molecule has 1 aromatic carbocycles. The number of nitrogens with one attached hydrogen (secondary N) is 1. The van der Waals surface area contributed by atoms with E-state index in [1.807, 2.05) is 51.2 Å². The molecule has 0 aliphatic carbocycles. The van der Waals surface area contributed by atoms with E-state index in [2.05, 4.69) is 15.4 Å². The van der Waals surface area contributed by atoms with Crippen molar-refractivity contribution in [2.45, 2.75) is 13.8 Å². The number of hydrogen-bond donors (Lipinski definition) is 1. The standard InChI is InChI=1S/C18H18N4O/c1-12-4-6-14(17-8-9-20-22(17)3)10-16(12)21-18(23)15-7-5-13(2)19-11-15/h4-11H,1-3H3,(H,21,23). The van der Waals surface area contributed by atoms with Crippen LogP contribution in [0.25, 0.3) is 11.3 Å². The summed E-state index contributed by atoms with van der Waals surface area (Å²) >= 11 is 0. The summed E-state index contributed by atoms with van der Waals surface area (Å²) in [5, 5.41) is 7.14. The molecule has 1 amide bonds. The number of anilines is 1. The van der Waals surface area contributed by atoms with Crippen LogP contribution in [0.5, 0.6) is 0 Å². The van der Waals surface area contributed by atoms with E-state index in [0.717, 1.165) is 28.2 Å². The van der Waals surface area contributed by atoms with E-state index in [1.165, 1.54) is 0 Å². The van der Waals surface area contributed by atoms with Crippen molar-refractivity contribution >= 4 is 11.6 Å². The van der Waals surface area contributed by atoms with E-state index in [0.29, 0.717) is 5.56 Å². The molecule has 0 spiro atoms. The second-order valence-corrected chi connectivity index (χ2v) is 5.51. The minimum absolute atomic E-state index is 0.164. The largest absolute Gasteiger partial charge is 0.322 e. The van der Waals surface area contributed by atoms with Crippen LogP contribution in [-0.2, 0) is 7.05 Å². The number of carbonyl (C=O) groups is 1. The number of hydrogen-bond acceptors (Lipinski definition) is 3. The summed E-state index contributed by atoms with van der Waals surface area (Å²) in [6.45, 7) is 3.86. The summed E-state index contributed by atoms with van der Waals surface area (Å²) < 4.78 is 1.81. The molecule has 0 radical (unpaired) electrons. The van der Waals surface area contributed by atoms with Crippen LogP contribution in [0.1, 0.15) is 21.6 Å². The monoisotopic (exact) mass is 306 g/mol. The Morgan fingerprint density at radius 2 is 1.96 bits per heavy atom. The maximum Gasteiger partial charge on any atom is 0.257 e. The van der Waals surface area contributed by atoms with Crippen LogP contribution in [0.15, 0.2) is 48.8 Å². The van der Waals surface area contributed by atoms with Crippen LogP contribution in [0.3, 0.4) is 0 Å². The van der Waals surface area contributed by atoms with Crippen LogP contribution in [0.2, 0.25) is 0 Å². The molecule has 1 N–H and O–H groups in total. The quantitative estimate of drug-likeness (QED) is 0.807. The molecule has 0 aliphatic rings. The number of aryl methyl sites for hydroxylation is 3. The normalized spacial score (nSPS) is 10.6. The Bertz CT molecular complexity index is 850. The van der Waals surface area contributed by atoms with E-state index in [4.69, 9.17) is 0 Å². The van der Waals surface area contributed by atoms with Crippen LogP contribution in [0, 0.1) is 13.8 Å². The Morgan fingerprint density at radius 1 is 1.13 bits per heavy atom. The van der Waals surface area contributed by atoms with Gasteiger partial charge in [0.05, 0.1) is 11.3 Å². The number of benzene rings is 1. The molecule has 5 heteroatoms. The van der Waals surface area contributed by atoms with Crippen LogP contribution >= 0.6 is 0 Å². The molecule has 23 heavy (non-hydrogen) atoms. The average molecular weight is 306 g/mol. The Labute approximate surface area is 135 Å². The van der Waals surface area contributed by atoms with Gasteiger partial charge >= 0.3 is 0 Å². The first-order valence-electron chi connectivity index (χ1n) is 7.37. The lowest BCUT2D eigenvalue weighted by Crippen LogP contribution is -2.13. The topological polar surface area (TPSA) is 59.8 Å². The Kier molecular flexibility index (Phi) is 3.93. The van der Waals surface area contributed by atoms with Gasteiger partial charge in [0.25, 0.3) is 5.91 Å². The van der Waals surface area contributed by atoms with E-state index in [9.17, 15) is 4.79 Å². The van der Waals surface area contributed by atoms with Crippen molar-refractivity contribution in [1.29, 1.82) is 0 Å². The molecule has 0 saturated carbocycles. The van der Waals surface area contributed by atoms with Gasteiger partial charge in [-0.3, -0.25) is 14.5 Å². The molecule has 3 aromatic rings. The van der Waals surface area contributed by atoms with Crippen molar-refractivity contribution in [3.05, 3.63) is 65.6 Å². The highest BCUT2D eigenvalue weighted by molar-refractivity contribution is 6.04. The van der Waals surface area contributed by atoms with E-state index < -0.39 is 0 Å². The molecule has 0 aliphatic heterocycles. The van der Waals surface area contributed by atoms with Crippen molar-refractivity contribution in [3.63, 3.8) is 0 Å². The molecule has 5 nitrogen and oxygen atoms in total. The van der Waals surface area contributed by atoms with Crippen LogP contribution in [0.4, 0.5) is 5.69 Å². The Balaban J connectivity index is 1.89. The smallest absolute Gasteiger partial charge is 0.257 e. The second-order valence-electron chi connectivity index (χ2n) is 5.51. The molecule has 0 saturated heterocycles. The highest BCUT2D eigenvalue weighted by atomic mass is 16.1. The highest BCUT2D eigenvalue weighted by Gasteiger charge is 2.10. The van der Waals surface area contributed by atoms with Gasteiger partial charge in [-0.2, -0.15) is 5.10 Å². The number of rotatable bonds is 3. The fraction of sp³-hybridized carbons (Fsp3) is 0.167. The zero-order valence-electron chi connectivity index (χ0n) is 13.4. The average Bonchev–Trinajstić information content (AvgIpc) is 2.96. The minimum atomic E-state index is -0.164. The second kappa shape index (κ2) is 6.04. The fourth-order valence-electron chi connectivity index (χ4n) is 2.37. The van der Waals surface area contributed by atoms with Crippen molar-refractivity contribution in [2.24, 2.45) is 7.05 Å². The summed E-state index contributed by atoms with van der Waals surface area (Å²) in [5.41, 5.74) is 5.22. The third-order valence-electron chi connectivity index (χ3n) is 3.78. The third-order valence-corrected chi connectivity index (χ3v) is 3.78. The van der Waals surface area contributed by atoms with E-state index in [1.54, 1.807) is 23.1 Å². The third kappa shape index (κ3) is 3.13. The summed E-state index contributed by atoms with van der Waals surface area (Å²) in [6.07, 6.45) is 3.34. The number of pyridine rings is 1. The van der Waals surface area contributed by atoms with E-state index in [-0.39, 0.29) is 5.91 Å². The van der Waals surface area contributed by atoms with Crippen molar-refractivity contribution < 1.29 is 4.79 Å². The van der Waals surface area contributed by atoms with Gasteiger partial charge in [-0.15, -0.1) is 0 Å². The molecule has 0 unspecified atom stereocenters. The molecule has 0 atom stereocenters. The SMILES string of the molecule is Cc1ccc(C(=O)Nc2cc(-c3ccnn3C)ccc2C)cn1. The lowest BCUT2D eigenvalue weighted by Gasteiger charge is -2.11. The van der Waals surface area contributed by atoms with Gasteiger partial charge in [-0.25, -0.2) is 0 Å². The lowest BCUT2D eigenvalue weighted by atomic mass is 10.1. The zero-order chi connectivity index (χ0) is 16.4. The van der Waals surface area contributed by atoms with Gasteiger partial charge < -0.3 is 5.32 Å². The number of carbonyl (C=O) groups excluding carboxylic acids is 1. The first kappa shape index (κ1) is 15.0. The molecule has 2 heterocycles. The molecule has 0 bridgehead atoms. The molecule has 3 rings (SSSR count). The van der Waals surface area contributed by atoms with Crippen molar-refractivity contribution in [1.82, 2.24) is 14.8 Å². The van der Waals surface area contributed by atoms with Crippen LogP contribution < -0.4 is 5.32 Å². The van der Waals surface area contributed by atoms with Gasteiger partial charge in [0.15, 0.2) is 0 Å². The summed E-state index contributed by atoms with van der Waals surface area (Å²) in [4.78, 5) is 16.5. The first-order chi connectivity index (χ1) is 11.0. The van der Waals surface area contributed by atoms with Gasteiger partial charge in [0, 0.05) is 36.4 Å². The summed E-state index contributed by atoms with van der Waals surface area (Å²) in [7, 11) is 1.89. The molecular weight excluding hydrogens is 288 g/mol. The van der Waals surface area contributed by atoms with Gasteiger partial charge in [0.2, 0.25) is 0 Å². The molecule has 0 fully saturated rings. The zero-order valence-corrected chi connectivity index (χ0v) is 13.4. The van der Waals surface area contributed by atoms with E-state index >= 15 is 0 Å². The Hall–Kier alpha value is -2.95. The predicted molar refractivity (Wildman–Crippen MR) is 90.3 cm³/mol. The van der Waals surface area contributed by atoms with Crippen LogP contribution in [-0.4, -0.2) is 20.7 Å². The maximum absolute atomic E-state index is 12.4. The first-order valence-corrected chi connectivity index (χ1v) is 7.37. The minimum Gasteiger partial charge on any atom is -0.322 e. The maximum atomic E-state index is 12.4. The summed E-state index contributed by atoms with van der Waals surface area (Å²) in [5.74, 6) is -0.164. The molecule has 116 valence electrons. The number of nitrogens with zero attached hydrogens (tertiary/aromatic N) is 3. The van der Waals surface area contributed by atoms with Gasteiger partial charge in [0.1, 0.15) is 0 Å². The fourth-order valence-corrected chi connectivity index (χ4v) is 2.37. The lowest BCUT2D eigenvalue weighted by molar-refractivity contribution is 0.102. The van der Waals surface area contributed by atoms with Crippen molar-refractivity contribution in [3.8, 4) is 11.3 Å². The molecule has 2 aromatic heterocycles. The molecular formula is C18H18N4O. The van der Waals surface area contributed by atoms with Gasteiger partial charge in [-0.05, 0) is 43.7 Å².